The summed E-state index contributed by atoms with van der Waals surface area (Å²) >= 11 is 3.40. The third kappa shape index (κ3) is 2.75. The number of benzene rings is 1. The fourth-order valence-electron chi connectivity index (χ4n) is 1.80. The van der Waals surface area contributed by atoms with Gasteiger partial charge in [0.25, 0.3) is 0 Å². The molecule has 0 amide bonds. The molecule has 1 saturated heterocycles. The zero-order chi connectivity index (χ0) is 13.1. The van der Waals surface area contributed by atoms with Crippen molar-refractivity contribution >= 4 is 29.5 Å². The Morgan fingerprint density at radius 2 is 2.11 bits per heavy atom. The van der Waals surface area contributed by atoms with Crippen LogP contribution in [-0.2, 0) is 0 Å². The lowest BCUT2D eigenvalue weighted by molar-refractivity contribution is 0.0696. The molecule has 0 spiro atoms. The molecule has 1 aliphatic heterocycles. The molecular formula is C12H13FO3S2. The Morgan fingerprint density at radius 1 is 1.44 bits per heavy atom. The lowest BCUT2D eigenvalue weighted by atomic mass is 10.1. The first-order chi connectivity index (χ1) is 8.63. The van der Waals surface area contributed by atoms with Gasteiger partial charge in [0.1, 0.15) is 0 Å². The van der Waals surface area contributed by atoms with Crippen LogP contribution in [0.3, 0.4) is 0 Å². The van der Waals surface area contributed by atoms with Gasteiger partial charge in [-0.05, 0) is 30.1 Å². The Balaban J connectivity index is 2.44. The molecule has 0 radical (unpaired) electrons. The van der Waals surface area contributed by atoms with Crippen LogP contribution < -0.4 is 4.74 Å². The van der Waals surface area contributed by atoms with Crippen LogP contribution in [0.2, 0.25) is 0 Å². The number of ether oxygens (including phenoxy) is 1. The van der Waals surface area contributed by atoms with Gasteiger partial charge in [0.15, 0.2) is 11.6 Å². The Hall–Kier alpha value is -0.880. The summed E-state index contributed by atoms with van der Waals surface area (Å²) in [5.74, 6) is 0.425. The van der Waals surface area contributed by atoms with Gasteiger partial charge in [-0.1, -0.05) is 0 Å². The zero-order valence-electron chi connectivity index (χ0n) is 9.81. The van der Waals surface area contributed by atoms with Gasteiger partial charge in [-0.25, -0.2) is 9.18 Å². The number of rotatable bonds is 3. The number of thioether (sulfide) groups is 2. The minimum Gasteiger partial charge on any atom is -0.493 e. The van der Waals surface area contributed by atoms with Crippen LogP contribution in [0.15, 0.2) is 12.1 Å². The maximum Gasteiger partial charge on any atom is 0.335 e. The van der Waals surface area contributed by atoms with Crippen molar-refractivity contribution in [2.45, 2.75) is 11.0 Å². The molecule has 0 atom stereocenters. The molecule has 0 unspecified atom stereocenters. The second-order valence-corrected chi connectivity index (χ2v) is 6.54. The minimum atomic E-state index is -1.12. The highest BCUT2D eigenvalue weighted by atomic mass is 32.2. The van der Waals surface area contributed by atoms with E-state index >= 15 is 0 Å². The number of methoxy groups -OCH3 is 1. The zero-order valence-corrected chi connectivity index (χ0v) is 11.4. The molecule has 0 aromatic heterocycles. The standard InChI is InChI=1S/C12H13FO3S2/c1-16-10-8(12-17-3-2-4-18-12)5-7(11(14)15)6-9(10)13/h5-6,12H,2-4H2,1H3,(H,14,15). The Kier molecular flexibility index (Phi) is 4.40. The van der Waals surface area contributed by atoms with E-state index in [9.17, 15) is 9.18 Å². The minimum absolute atomic E-state index is 0.0323. The van der Waals surface area contributed by atoms with E-state index < -0.39 is 11.8 Å². The number of hydrogen-bond acceptors (Lipinski definition) is 4. The van der Waals surface area contributed by atoms with Crippen LogP contribution in [0, 0.1) is 5.82 Å². The highest BCUT2D eigenvalue weighted by molar-refractivity contribution is 8.16. The molecule has 3 nitrogen and oxygen atoms in total. The Morgan fingerprint density at radius 3 is 2.67 bits per heavy atom. The van der Waals surface area contributed by atoms with Crippen molar-refractivity contribution in [3.8, 4) is 5.75 Å². The summed E-state index contributed by atoms with van der Waals surface area (Å²) in [6, 6.07) is 2.52. The molecule has 1 aromatic rings. The van der Waals surface area contributed by atoms with Crippen molar-refractivity contribution in [1.29, 1.82) is 0 Å². The number of carbonyl (C=O) groups is 1. The molecule has 1 N–H and O–H groups in total. The largest absolute Gasteiger partial charge is 0.493 e. The van der Waals surface area contributed by atoms with Gasteiger partial charge in [0.05, 0.1) is 17.3 Å². The first-order valence-electron chi connectivity index (χ1n) is 5.47. The molecule has 0 bridgehead atoms. The van der Waals surface area contributed by atoms with E-state index in [4.69, 9.17) is 9.84 Å². The third-order valence-corrected chi connectivity index (χ3v) is 5.58. The van der Waals surface area contributed by atoms with Crippen LogP contribution in [0.25, 0.3) is 0 Å². The summed E-state index contributed by atoms with van der Waals surface area (Å²) in [6.45, 7) is 0. The van der Waals surface area contributed by atoms with E-state index in [1.54, 1.807) is 23.5 Å². The molecule has 2 rings (SSSR count). The molecule has 98 valence electrons. The van der Waals surface area contributed by atoms with Gasteiger partial charge >= 0.3 is 5.97 Å². The average molecular weight is 288 g/mol. The molecule has 6 heteroatoms. The maximum atomic E-state index is 13.8. The summed E-state index contributed by atoms with van der Waals surface area (Å²) in [4.78, 5) is 11.0. The van der Waals surface area contributed by atoms with E-state index in [-0.39, 0.29) is 15.9 Å². The van der Waals surface area contributed by atoms with Gasteiger partial charge in [-0.3, -0.25) is 0 Å². The highest BCUT2D eigenvalue weighted by Crippen LogP contribution is 2.47. The Bertz CT molecular complexity index is 459. The maximum absolute atomic E-state index is 13.8. The van der Waals surface area contributed by atoms with Crippen molar-refractivity contribution in [1.82, 2.24) is 0 Å². The molecule has 1 fully saturated rings. The van der Waals surface area contributed by atoms with Crippen LogP contribution in [0.5, 0.6) is 5.75 Å². The number of carboxylic acids is 1. The number of carboxylic acid groups (broad SMARTS) is 1. The second-order valence-electron chi connectivity index (χ2n) is 3.81. The van der Waals surface area contributed by atoms with Crippen LogP contribution in [0.1, 0.15) is 26.9 Å². The third-order valence-electron chi connectivity index (χ3n) is 2.60. The molecule has 18 heavy (non-hydrogen) atoms. The van der Waals surface area contributed by atoms with Crippen molar-refractivity contribution in [2.24, 2.45) is 0 Å². The lowest BCUT2D eigenvalue weighted by Crippen LogP contribution is -2.07. The van der Waals surface area contributed by atoms with Crippen LogP contribution in [-0.4, -0.2) is 29.7 Å². The van der Waals surface area contributed by atoms with E-state index in [0.717, 1.165) is 24.0 Å². The van der Waals surface area contributed by atoms with Gasteiger partial charge in [0, 0.05) is 5.56 Å². The van der Waals surface area contributed by atoms with Crippen molar-refractivity contribution in [2.75, 3.05) is 18.6 Å². The predicted octanol–water partition coefficient (Wildman–Crippen LogP) is 3.40. The SMILES string of the molecule is COc1c(F)cc(C(=O)O)cc1C1SCCCS1. The van der Waals surface area contributed by atoms with Crippen LogP contribution in [0.4, 0.5) is 4.39 Å². The van der Waals surface area contributed by atoms with E-state index in [1.807, 2.05) is 0 Å². The predicted molar refractivity (Wildman–Crippen MR) is 72.2 cm³/mol. The smallest absolute Gasteiger partial charge is 0.335 e. The molecule has 1 aromatic carbocycles. The molecule has 0 aliphatic carbocycles. The van der Waals surface area contributed by atoms with E-state index in [0.29, 0.717) is 5.56 Å². The summed E-state index contributed by atoms with van der Waals surface area (Å²) < 4.78 is 18.9. The summed E-state index contributed by atoms with van der Waals surface area (Å²) in [7, 11) is 1.40. The van der Waals surface area contributed by atoms with E-state index in [1.165, 1.54) is 13.2 Å². The molecular weight excluding hydrogens is 275 g/mol. The lowest BCUT2D eigenvalue weighted by Gasteiger charge is -2.23. The van der Waals surface area contributed by atoms with Crippen molar-refractivity contribution in [3.63, 3.8) is 0 Å². The van der Waals surface area contributed by atoms with Gasteiger partial charge in [0.2, 0.25) is 0 Å². The molecule has 1 heterocycles. The number of halogens is 1. The summed E-state index contributed by atoms with van der Waals surface area (Å²) in [6.07, 6.45) is 1.12. The number of hydrogen-bond donors (Lipinski definition) is 1. The highest BCUT2D eigenvalue weighted by Gasteiger charge is 2.24. The van der Waals surface area contributed by atoms with Gasteiger partial charge in [-0.15, -0.1) is 23.5 Å². The Labute approximate surface area is 113 Å². The average Bonchev–Trinajstić information content (AvgIpc) is 2.38. The van der Waals surface area contributed by atoms with Crippen LogP contribution >= 0.6 is 23.5 Å². The fourth-order valence-corrected chi connectivity index (χ4v) is 4.70. The van der Waals surface area contributed by atoms with Gasteiger partial charge < -0.3 is 9.84 Å². The first kappa shape index (κ1) is 13.5. The first-order valence-corrected chi connectivity index (χ1v) is 7.57. The molecule has 1 aliphatic rings. The van der Waals surface area contributed by atoms with Gasteiger partial charge in [-0.2, -0.15) is 0 Å². The number of aromatic carboxylic acids is 1. The summed E-state index contributed by atoms with van der Waals surface area (Å²) in [5, 5.41) is 8.97. The van der Waals surface area contributed by atoms with Crippen molar-refractivity contribution < 1.29 is 19.0 Å². The second kappa shape index (κ2) is 5.84. The topological polar surface area (TPSA) is 46.5 Å². The fraction of sp³-hybridized carbons (Fsp3) is 0.417. The van der Waals surface area contributed by atoms with E-state index in [2.05, 4.69) is 0 Å². The summed E-state index contributed by atoms with van der Waals surface area (Å²) in [5.41, 5.74) is 0.597. The molecule has 0 saturated carbocycles. The monoisotopic (exact) mass is 288 g/mol. The normalized spacial score (nSPS) is 16.6. The quantitative estimate of drug-likeness (QED) is 0.923. The van der Waals surface area contributed by atoms with Crippen molar-refractivity contribution in [3.05, 3.63) is 29.1 Å².